The molecule has 0 aliphatic carbocycles. The highest BCUT2D eigenvalue weighted by Crippen LogP contribution is 2.35. The number of thiophene rings is 1. The van der Waals surface area contributed by atoms with Crippen LogP contribution in [0.15, 0.2) is 18.2 Å². The fraction of sp³-hybridized carbons (Fsp3) is 0.556. The summed E-state index contributed by atoms with van der Waals surface area (Å²) in [6.07, 6.45) is 1.11. The second-order valence-electron chi connectivity index (χ2n) is 6.85. The summed E-state index contributed by atoms with van der Waals surface area (Å²) in [7, 11) is 0. The summed E-state index contributed by atoms with van der Waals surface area (Å²) in [5.41, 5.74) is 3.18. The van der Waals surface area contributed by atoms with Crippen LogP contribution in [0.4, 0.5) is 0 Å². The molecule has 2 heteroatoms. The van der Waals surface area contributed by atoms with Crippen molar-refractivity contribution in [1.29, 1.82) is 0 Å². The lowest BCUT2D eigenvalue weighted by Crippen LogP contribution is -2.21. The summed E-state index contributed by atoms with van der Waals surface area (Å²) in [6, 6.07) is 7.54. The third-order valence-electron chi connectivity index (χ3n) is 3.76. The van der Waals surface area contributed by atoms with Gasteiger partial charge >= 0.3 is 0 Å². The van der Waals surface area contributed by atoms with Crippen molar-refractivity contribution in [1.82, 2.24) is 5.32 Å². The topological polar surface area (TPSA) is 12.0 Å². The highest BCUT2D eigenvalue weighted by atomic mass is 32.1. The van der Waals surface area contributed by atoms with Gasteiger partial charge in [0.05, 0.1) is 0 Å². The maximum atomic E-state index is 3.55. The number of aryl methyl sites for hydroxylation is 1. The average molecular weight is 289 g/mol. The average Bonchev–Trinajstić information content (AvgIpc) is 2.71. The Balaban J connectivity index is 2.46. The van der Waals surface area contributed by atoms with Crippen LogP contribution in [0.2, 0.25) is 0 Å². The number of hydrogen-bond acceptors (Lipinski definition) is 2. The molecule has 1 heterocycles. The lowest BCUT2D eigenvalue weighted by atomic mass is 9.86. The summed E-state index contributed by atoms with van der Waals surface area (Å²) in [4.78, 5) is 1.50. The van der Waals surface area contributed by atoms with Crippen molar-refractivity contribution in [3.05, 3.63) is 34.2 Å². The van der Waals surface area contributed by atoms with Crippen LogP contribution in [-0.4, -0.2) is 6.04 Å². The highest BCUT2D eigenvalue weighted by molar-refractivity contribution is 7.19. The van der Waals surface area contributed by atoms with E-state index in [-0.39, 0.29) is 5.41 Å². The van der Waals surface area contributed by atoms with E-state index in [9.17, 15) is 0 Å². The standard InChI is InChI=1S/C18H27NS/c1-7-14-15-10-13(18(4,5)6)8-9-16(15)20-17(14)11-19-12(2)3/h8-10,12,19H,7,11H2,1-6H3. The van der Waals surface area contributed by atoms with E-state index in [0.29, 0.717) is 6.04 Å². The normalized spacial score (nSPS) is 12.6. The van der Waals surface area contributed by atoms with Crippen molar-refractivity contribution >= 4 is 21.4 Å². The predicted molar refractivity (Wildman–Crippen MR) is 91.9 cm³/mol. The minimum atomic E-state index is 0.220. The van der Waals surface area contributed by atoms with Crippen molar-refractivity contribution in [3.8, 4) is 0 Å². The number of benzene rings is 1. The Bertz CT molecular complexity index is 587. The fourth-order valence-corrected chi connectivity index (χ4v) is 3.72. The van der Waals surface area contributed by atoms with Gasteiger partial charge in [0.2, 0.25) is 0 Å². The number of rotatable bonds is 4. The van der Waals surface area contributed by atoms with Gasteiger partial charge in [-0.05, 0) is 40.5 Å². The first kappa shape index (κ1) is 15.5. The zero-order valence-corrected chi connectivity index (χ0v) is 14.4. The molecule has 0 aliphatic rings. The van der Waals surface area contributed by atoms with Crippen LogP contribution in [0.25, 0.3) is 10.1 Å². The van der Waals surface area contributed by atoms with Gasteiger partial charge in [-0.2, -0.15) is 0 Å². The van der Waals surface area contributed by atoms with Gasteiger partial charge in [0.15, 0.2) is 0 Å². The zero-order chi connectivity index (χ0) is 14.9. The summed E-state index contributed by atoms with van der Waals surface area (Å²) >= 11 is 1.95. The molecule has 2 aromatic rings. The van der Waals surface area contributed by atoms with Crippen LogP contribution < -0.4 is 5.32 Å². The number of nitrogens with one attached hydrogen (secondary N) is 1. The first-order valence-electron chi connectivity index (χ1n) is 7.61. The van der Waals surface area contributed by atoms with E-state index < -0.39 is 0 Å². The van der Waals surface area contributed by atoms with E-state index >= 15 is 0 Å². The molecule has 1 N–H and O–H groups in total. The van der Waals surface area contributed by atoms with E-state index in [1.807, 2.05) is 11.3 Å². The molecule has 0 fully saturated rings. The monoisotopic (exact) mass is 289 g/mol. The second kappa shape index (κ2) is 5.87. The molecule has 110 valence electrons. The van der Waals surface area contributed by atoms with E-state index in [4.69, 9.17) is 0 Å². The highest BCUT2D eigenvalue weighted by Gasteiger charge is 2.17. The van der Waals surface area contributed by atoms with Crippen molar-refractivity contribution in [3.63, 3.8) is 0 Å². The van der Waals surface area contributed by atoms with Crippen LogP contribution in [-0.2, 0) is 18.4 Å². The van der Waals surface area contributed by atoms with E-state index in [1.165, 1.54) is 26.1 Å². The van der Waals surface area contributed by atoms with Gasteiger partial charge in [0.1, 0.15) is 0 Å². The van der Waals surface area contributed by atoms with Crippen molar-refractivity contribution in [2.24, 2.45) is 0 Å². The Kier molecular flexibility index (Phi) is 4.55. The Morgan fingerprint density at radius 3 is 2.45 bits per heavy atom. The van der Waals surface area contributed by atoms with Crippen LogP contribution in [0.3, 0.4) is 0 Å². The minimum absolute atomic E-state index is 0.220. The van der Waals surface area contributed by atoms with Crippen LogP contribution in [0.1, 0.15) is 57.5 Å². The Morgan fingerprint density at radius 2 is 1.90 bits per heavy atom. The third-order valence-corrected chi connectivity index (χ3v) is 4.98. The van der Waals surface area contributed by atoms with E-state index in [2.05, 4.69) is 65.1 Å². The van der Waals surface area contributed by atoms with Gasteiger partial charge < -0.3 is 5.32 Å². The Hall–Kier alpha value is -0.860. The van der Waals surface area contributed by atoms with Gasteiger partial charge in [-0.3, -0.25) is 0 Å². The maximum Gasteiger partial charge on any atom is 0.0349 e. The molecule has 0 atom stereocenters. The predicted octanol–water partition coefficient (Wildman–Crippen LogP) is 5.26. The summed E-state index contributed by atoms with van der Waals surface area (Å²) in [5.74, 6) is 0. The fourth-order valence-electron chi connectivity index (χ4n) is 2.49. The second-order valence-corrected chi connectivity index (χ2v) is 7.99. The molecule has 0 amide bonds. The van der Waals surface area contributed by atoms with Gasteiger partial charge in [0.25, 0.3) is 0 Å². The Labute approximate surface area is 127 Å². The van der Waals surface area contributed by atoms with Gasteiger partial charge in [-0.1, -0.05) is 47.6 Å². The Morgan fingerprint density at radius 1 is 1.20 bits per heavy atom. The molecule has 0 aliphatic heterocycles. The van der Waals surface area contributed by atoms with Crippen LogP contribution >= 0.6 is 11.3 Å². The molecular formula is C18H27NS. The van der Waals surface area contributed by atoms with E-state index in [0.717, 1.165) is 13.0 Å². The van der Waals surface area contributed by atoms with Crippen molar-refractivity contribution in [2.45, 2.75) is 66.0 Å². The molecule has 1 aromatic heterocycles. The smallest absolute Gasteiger partial charge is 0.0349 e. The molecule has 2 rings (SSSR count). The largest absolute Gasteiger partial charge is 0.310 e. The van der Waals surface area contributed by atoms with Gasteiger partial charge in [-0.15, -0.1) is 11.3 Å². The lowest BCUT2D eigenvalue weighted by Gasteiger charge is -2.19. The summed E-state index contributed by atoms with van der Waals surface area (Å²) < 4.78 is 1.43. The van der Waals surface area contributed by atoms with Gasteiger partial charge in [0, 0.05) is 22.2 Å². The molecule has 1 nitrogen and oxygen atoms in total. The van der Waals surface area contributed by atoms with Gasteiger partial charge in [-0.25, -0.2) is 0 Å². The molecular weight excluding hydrogens is 262 g/mol. The summed E-state index contributed by atoms with van der Waals surface area (Å²) in [5, 5.41) is 5.02. The third kappa shape index (κ3) is 3.24. The molecule has 0 saturated heterocycles. The van der Waals surface area contributed by atoms with Crippen molar-refractivity contribution in [2.75, 3.05) is 0 Å². The zero-order valence-electron chi connectivity index (χ0n) is 13.6. The molecule has 0 spiro atoms. The quantitative estimate of drug-likeness (QED) is 0.809. The number of fused-ring (bicyclic) bond motifs is 1. The first-order valence-corrected chi connectivity index (χ1v) is 8.42. The SMILES string of the molecule is CCc1c(CNC(C)C)sc2ccc(C(C)(C)C)cc12. The van der Waals surface area contributed by atoms with Crippen LogP contribution in [0, 0.1) is 0 Å². The maximum absolute atomic E-state index is 3.55. The summed E-state index contributed by atoms with van der Waals surface area (Å²) in [6.45, 7) is 14.5. The molecule has 0 saturated carbocycles. The van der Waals surface area contributed by atoms with Crippen molar-refractivity contribution < 1.29 is 0 Å². The molecule has 0 bridgehead atoms. The molecule has 1 aromatic carbocycles. The molecule has 20 heavy (non-hydrogen) atoms. The minimum Gasteiger partial charge on any atom is -0.310 e. The lowest BCUT2D eigenvalue weighted by molar-refractivity contribution is 0.590. The first-order chi connectivity index (χ1) is 9.32. The van der Waals surface area contributed by atoms with Crippen LogP contribution in [0.5, 0.6) is 0 Å². The molecule has 0 unspecified atom stereocenters. The molecule has 0 radical (unpaired) electrons. The number of hydrogen-bond donors (Lipinski definition) is 1. The van der Waals surface area contributed by atoms with E-state index in [1.54, 1.807) is 0 Å².